The maximum absolute atomic E-state index is 12.3. The molecule has 0 bridgehead atoms. The maximum Gasteiger partial charge on any atom is 0.573 e. The van der Waals surface area contributed by atoms with Gasteiger partial charge in [0.15, 0.2) is 6.04 Å². The third-order valence-corrected chi connectivity index (χ3v) is 4.40. The van der Waals surface area contributed by atoms with E-state index in [2.05, 4.69) is 26.8 Å². The highest BCUT2D eigenvalue weighted by atomic mass is 19.4. The van der Waals surface area contributed by atoms with Gasteiger partial charge in [-0.05, 0) is 42.5 Å². The Morgan fingerprint density at radius 3 is 2.48 bits per heavy atom. The first-order chi connectivity index (χ1) is 12.0. The smallest absolute Gasteiger partial charge is 0.406 e. The highest BCUT2D eigenvalue weighted by Crippen LogP contribution is 2.29. The summed E-state index contributed by atoms with van der Waals surface area (Å²) < 4.78 is 43.1. The van der Waals surface area contributed by atoms with E-state index in [1.54, 1.807) is 12.1 Å². The number of aromatic nitrogens is 1. The fourth-order valence-corrected chi connectivity index (χ4v) is 3.33. The molecule has 1 aromatic heterocycles. The summed E-state index contributed by atoms with van der Waals surface area (Å²) in [6.07, 6.45) is -2.66. The monoisotopic (exact) mass is 345 g/mol. The van der Waals surface area contributed by atoms with Crippen molar-refractivity contribution in [3.05, 3.63) is 83.7 Å². The fraction of sp³-hybridized carbons (Fsp3) is 0.158. The number of halogens is 3. The molecule has 0 amide bonds. The van der Waals surface area contributed by atoms with E-state index in [0.29, 0.717) is 0 Å². The minimum Gasteiger partial charge on any atom is -0.406 e. The zero-order chi connectivity index (χ0) is 17.4. The average molecular weight is 345 g/mol. The first-order valence-electron chi connectivity index (χ1n) is 7.96. The molecule has 1 aliphatic heterocycles. The number of nitrogens with two attached hydrogens (primary N) is 1. The van der Waals surface area contributed by atoms with Gasteiger partial charge in [0.05, 0.1) is 11.4 Å². The molecule has 2 aromatic carbocycles. The second kappa shape index (κ2) is 5.97. The second-order valence-corrected chi connectivity index (χ2v) is 5.97. The molecule has 2 heterocycles. The lowest BCUT2D eigenvalue weighted by molar-refractivity contribution is -0.702. The number of alkyl halides is 3. The van der Waals surface area contributed by atoms with Crippen LogP contribution in [0.2, 0.25) is 0 Å². The number of hydrogen-bond donors (Lipinski definition) is 1. The van der Waals surface area contributed by atoms with Crippen LogP contribution in [0.25, 0.3) is 5.69 Å². The van der Waals surface area contributed by atoms with Crippen LogP contribution in [0.5, 0.6) is 5.75 Å². The van der Waals surface area contributed by atoms with Crippen molar-refractivity contribution in [2.45, 2.75) is 18.9 Å². The highest BCUT2D eigenvalue weighted by Gasteiger charge is 2.31. The number of benzene rings is 2. The molecule has 1 unspecified atom stereocenters. The maximum atomic E-state index is 12.3. The lowest BCUT2D eigenvalue weighted by Gasteiger charge is -2.16. The number of quaternary nitrogens is 1. The Balaban J connectivity index is 1.68. The van der Waals surface area contributed by atoms with E-state index < -0.39 is 6.36 Å². The van der Waals surface area contributed by atoms with Crippen molar-refractivity contribution in [3.8, 4) is 11.4 Å². The molecule has 1 aliphatic rings. The zero-order valence-corrected chi connectivity index (χ0v) is 13.2. The Morgan fingerprint density at radius 1 is 0.960 bits per heavy atom. The number of nitrogens with zero attached hydrogens (tertiary/aromatic N) is 1. The summed E-state index contributed by atoms with van der Waals surface area (Å²) in [4.78, 5) is 0. The molecule has 128 valence electrons. The van der Waals surface area contributed by atoms with E-state index in [1.807, 2.05) is 30.5 Å². The van der Waals surface area contributed by atoms with Crippen molar-refractivity contribution in [1.29, 1.82) is 0 Å². The van der Waals surface area contributed by atoms with E-state index >= 15 is 0 Å². The van der Waals surface area contributed by atoms with E-state index in [9.17, 15) is 13.2 Å². The van der Waals surface area contributed by atoms with Crippen molar-refractivity contribution < 1.29 is 23.2 Å². The fourth-order valence-electron chi connectivity index (χ4n) is 3.33. The third-order valence-electron chi connectivity index (χ3n) is 4.40. The summed E-state index contributed by atoms with van der Waals surface area (Å²) in [5.74, 6) is -0.205. The van der Waals surface area contributed by atoms with Crippen LogP contribution in [0.15, 0.2) is 66.9 Å². The van der Waals surface area contributed by atoms with Crippen LogP contribution in [0.3, 0.4) is 0 Å². The molecular formula is C19H16F3N2O+. The van der Waals surface area contributed by atoms with Gasteiger partial charge < -0.3 is 14.6 Å². The second-order valence-electron chi connectivity index (χ2n) is 5.97. The van der Waals surface area contributed by atoms with Gasteiger partial charge in [0, 0.05) is 17.3 Å². The molecule has 3 nitrogen and oxygen atoms in total. The van der Waals surface area contributed by atoms with E-state index in [0.717, 1.165) is 23.5 Å². The largest absolute Gasteiger partial charge is 0.573 e. The van der Waals surface area contributed by atoms with Crippen molar-refractivity contribution in [1.82, 2.24) is 4.57 Å². The topological polar surface area (TPSA) is 30.8 Å². The van der Waals surface area contributed by atoms with Gasteiger partial charge in [-0.3, -0.25) is 0 Å². The molecule has 2 N–H and O–H groups in total. The predicted octanol–water partition coefficient (Wildman–Crippen LogP) is 3.54. The van der Waals surface area contributed by atoms with E-state index in [1.165, 1.54) is 17.7 Å². The van der Waals surface area contributed by atoms with Gasteiger partial charge in [-0.15, -0.1) is 13.2 Å². The Bertz CT molecular complexity index is 884. The minimum absolute atomic E-state index is 0.00216. The normalized spacial score (nSPS) is 16.7. The lowest BCUT2D eigenvalue weighted by atomic mass is 10.0. The Kier molecular flexibility index (Phi) is 3.77. The molecule has 25 heavy (non-hydrogen) atoms. The Morgan fingerprint density at radius 2 is 1.72 bits per heavy atom. The summed E-state index contributed by atoms with van der Waals surface area (Å²) in [6, 6.07) is 18.3. The number of rotatable bonds is 2. The first kappa shape index (κ1) is 15.8. The van der Waals surface area contributed by atoms with Crippen LogP contribution in [0.4, 0.5) is 13.2 Å². The molecule has 0 spiro atoms. The van der Waals surface area contributed by atoms with Crippen LogP contribution in [-0.4, -0.2) is 10.9 Å². The molecular weight excluding hydrogens is 329 g/mol. The Hall–Kier alpha value is -2.73. The van der Waals surface area contributed by atoms with Crippen molar-refractivity contribution >= 4 is 0 Å². The van der Waals surface area contributed by atoms with Crippen LogP contribution in [0, 0.1) is 0 Å². The summed E-state index contributed by atoms with van der Waals surface area (Å²) in [7, 11) is 0. The van der Waals surface area contributed by atoms with E-state index in [4.69, 9.17) is 0 Å². The Labute approximate surface area is 142 Å². The minimum atomic E-state index is -4.67. The average Bonchev–Trinajstić information content (AvgIpc) is 2.99. The van der Waals surface area contributed by atoms with Gasteiger partial charge in [0.25, 0.3) is 0 Å². The molecule has 0 aliphatic carbocycles. The van der Waals surface area contributed by atoms with Gasteiger partial charge in [-0.1, -0.05) is 18.2 Å². The molecule has 1 atom stereocenters. The number of fused-ring (bicyclic) bond motifs is 3. The summed E-state index contributed by atoms with van der Waals surface area (Å²) in [5, 5.41) is 2.19. The van der Waals surface area contributed by atoms with Crippen molar-refractivity contribution in [2.24, 2.45) is 0 Å². The number of para-hydroxylation sites is 1. The van der Waals surface area contributed by atoms with Gasteiger partial charge in [0.2, 0.25) is 0 Å². The summed E-state index contributed by atoms with van der Waals surface area (Å²) >= 11 is 0. The summed E-state index contributed by atoms with van der Waals surface area (Å²) in [5.41, 5.74) is 4.38. The van der Waals surface area contributed by atoms with Gasteiger partial charge >= 0.3 is 6.36 Å². The highest BCUT2D eigenvalue weighted by molar-refractivity contribution is 5.45. The summed E-state index contributed by atoms with van der Waals surface area (Å²) in [6.45, 7) is 0.795. The SMILES string of the molecule is FC(F)(F)Oc1ccc(C2[NH2+]Cc3ccccc3-n3cccc32)cc1. The molecule has 0 radical (unpaired) electrons. The van der Waals surface area contributed by atoms with Gasteiger partial charge in [0.1, 0.15) is 12.3 Å². The molecule has 3 aromatic rings. The molecule has 0 saturated carbocycles. The standard InChI is InChI=1S/C19H15F3N2O/c20-19(21,22)25-15-9-7-13(8-10-15)18-17-6-3-11-24(17)16-5-2-1-4-14(16)12-23-18/h1-11,18,23H,12H2/p+1. The first-order valence-corrected chi connectivity index (χ1v) is 7.96. The molecule has 4 rings (SSSR count). The van der Waals surface area contributed by atoms with E-state index in [-0.39, 0.29) is 11.8 Å². The predicted molar refractivity (Wildman–Crippen MR) is 86.4 cm³/mol. The van der Waals surface area contributed by atoms with Crippen LogP contribution in [0.1, 0.15) is 22.9 Å². The molecule has 0 fully saturated rings. The van der Waals surface area contributed by atoms with Crippen LogP contribution in [-0.2, 0) is 6.54 Å². The molecule has 0 saturated heterocycles. The van der Waals surface area contributed by atoms with Crippen LogP contribution >= 0.6 is 0 Å². The molecule has 6 heteroatoms. The van der Waals surface area contributed by atoms with Crippen LogP contribution < -0.4 is 10.1 Å². The van der Waals surface area contributed by atoms with Gasteiger partial charge in [-0.25, -0.2) is 0 Å². The van der Waals surface area contributed by atoms with Crippen molar-refractivity contribution in [3.63, 3.8) is 0 Å². The van der Waals surface area contributed by atoms with Gasteiger partial charge in [-0.2, -0.15) is 0 Å². The third kappa shape index (κ3) is 3.13. The van der Waals surface area contributed by atoms with Crippen molar-refractivity contribution in [2.75, 3.05) is 0 Å². The number of hydrogen-bond acceptors (Lipinski definition) is 1. The quantitative estimate of drug-likeness (QED) is 0.757. The lowest BCUT2D eigenvalue weighted by Crippen LogP contribution is -2.83. The zero-order valence-electron chi connectivity index (χ0n) is 13.2. The number of ether oxygens (including phenoxy) is 1.